The summed E-state index contributed by atoms with van der Waals surface area (Å²) in [4.78, 5) is 23.1. The van der Waals surface area contributed by atoms with Crippen LogP contribution in [0.4, 0.5) is 0 Å². The molecule has 0 radical (unpaired) electrons. The van der Waals surface area contributed by atoms with Crippen molar-refractivity contribution in [3.8, 4) is 0 Å². The predicted molar refractivity (Wildman–Crippen MR) is 79.1 cm³/mol. The molecule has 2 aromatic rings. The molecule has 0 fully saturated rings. The van der Waals surface area contributed by atoms with Crippen molar-refractivity contribution in [3.63, 3.8) is 0 Å². The maximum absolute atomic E-state index is 12.4. The lowest BCUT2D eigenvalue weighted by molar-refractivity contribution is 0.440. The number of aryl methyl sites for hydroxylation is 2. The van der Waals surface area contributed by atoms with Crippen molar-refractivity contribution in [2.75, 3.05) is 0 Å². The van der Waals surface area contributed by atoms with Crippen LogP contribution < -0.4 is 16.0 Å². The molecule has 9 heteroatoms. The Labute approximate surface area is 127 Å². The van der Waals surface area contributed by atoms with Crippen molar-refractivity contribution in [3.05, 3.63) is 50.7 Å². The maximum atomic E-state index is 12.4. The number of aromatic nitrogens is 2. The molecule has 2 heterocycles. The minimum Gasteiger partial charge on any atom is -0.465 e. The van der Waals surface area contributed by atoms with E-state index >= 15 is 0 Å². The summed E-state index contributed by atoms with van der Waals surface area (Å²) in [6.07, 6.45) is 1.01. The molecular weight excluding hydrogens is 310 g/mol. The van der Waals surface area contributed by atoms with Crippen molar-refractivity contribution in [2.45, 2.75) is 24.8 Å². The second-order valence-electron chi connectivity index (χ2n) is 5.04. The maximum Gasteiger partial charge on any atom is 0.330 e. The molecule has 2 rings (SSSR count). The van der Waals surface area contributed by atoms with E-state index in [1.54, 1.807) is 26.0 Å². The molecule has 0 aliphatic rings. The summed E-state index contributed by atoms with van der Waals surface area (Å²) in [7, 11) is -1.49. The van der Waals surface area contributed by atoms with Gasteiger partial charge < -0.3 is 8.98 Å². The van der Waals surface area contributed by atoms with Gasteiger partial charge in [-0.25, -0.2) is 17.9 Å². The largest absolute Gasteiger partial charge is 0.465 e. The molecule has 1 N–H and O–H groups in total. The highest BCUT2D eigenvalue weighted by atomic mass is 32.2. The standard InChI is InChI=1S/C13H17N3O5S/c1-8-5-6-10(21-8)9(2)14-22(19,20)11-7-15(3)13(18)16(4)12(11)17/h5-7,9,14H,1-4H3. The van der Waals surface area contributed by atoms with E-state index in [1.807, 2.05) is 0 Å². The van der Waals surface area contributed by atoms with Crippen LogP contribution in [0.15, 0.2) is 37.2 Å². The number of hydrogen-bond acceptors (Lipinski definition) is 5. The molecular formula is C13H17N3O5S. The smallest absolute Gasteiger partial charge is 0.330 e. The van der Waals surface area contributed by atoms with E-state index < -0.39 is 32.2 Å². The molecule has 22 heavy (non-hydrogen) atoms. The number of sulfonamides is 1. The van der Waals surface area contributed by atoms with Gasteiger partial charge in [-0.2, -0.15) is 0 Å². The highest BCUT2D eigenvalue weighted by molar-refractivity contribution is 7.89. The van der Waals surface area contributed by atoms with Crippen LogP contribution >= 0.6 is 0 Å². The Bertz CT molecular complexity index is 920. The number of hydrogen-bond donors (Lipinski definition) is 1. The summed E-state index contributed by atoms with van der Waals surface area (Å²) in [5, 5.41) is 0. The highest BCUT2D eigenvalue weighted by Gasteiger charge is 2.25. The van der Waals surface area contributed by atoms with Gasteiger partial charge in [0.05, 0.1) is 6.04 Å². The minimum atomic E-state index is -4.09. The third-order valence-corrected chi connectivity index (χ3v) is 4.75. The fourth-order valence-electron chi connectivity index (χ4n) is 2.00. The Balaban J connectivity index is 2.44. The minimum absolute atomic E-state index is 0.433. The molecule has 1 atom stereocenters. The first-order valence-electron chi connectivity index (χ1n) is 6.49. The number of rotatable bonds is 4. The third kappa shape index (κ3) is 2.90. The average Bonchev–Trinajstić information content (AvgIpc) is 2.86. The second-order valence-corrected chi connectivity index (χ2v) is 6.72. The van der Waals surface area contributed by atoms with Crippen LogP contribution in [0.5, 0.6) is 0 Å². The molecule has 0 aromatic carbocycles. The van der Waals surface area contributed by atoms with E-state index in [2.05, 4.69) is 4.72 Å². The van der Waals surface area contributed by atoms with Gasteiger partial charge >= 0.3 is 5.69 Å². The van der Waals surface area contributed by atoms with Gasteiger partial charge in [0.15, 0.2) is 4.90 Å². The predicted octanol–water partition coefficient (Wildman–Crippen LogP) is 0.0249. The van der Waals surface area contributed by atoms with Crippen LogP contribution in [0.25, 0.3) is 0 Å². The monoisotopic (exact) mass is 327 g/mol. The molecule has 0 saturated heterocycles. The summed E-state index contributed by atoms with van der Waals surface area (Å²) in [6, 6.07) is 2.72. The van der Waals surface area contributed by atoms with E-state index in [1.165, 1.54) is 14.1 Å². The summed E-state index contributed by atoms with van der Waals surface area (Å²) < 4.78 is 34.3. The normalized spacial score (nSPS) is 13.3. The SMILES string of the molecule is Cc1ccc(C(C)NS(=O)(=O)c2cn(C)c(=O)n(C)c2=O)o1. The molecule has 8 nitrogen and oxygen atoms in total. The van der Waals surface area contributed by atoms with Crippen LogP contribution in [-0.4, -0.2) is 17.6 Å². The van der Waals surface area contributed by atoms with Gasteiger partial charge in [0.2, 0.25) is 10.0 Å². The summed E-state index contributed by atoms with van der Waals surface area (Å²) in [5.74, 6) is 1.08. The van der Waals surface area contributed by atoms with Gasteiger partial charge in [-0.1, -0.05) is 0 Å². The Hall–Kier alpha value is -2.13. The van der Waals surface area contributed by atoms with Crippen molar-refractivity contribution in [1.82, 2.24) is 13.9 Å². The van der Waals surface area contributed by atoms with Gasteiger partial charge in [-0.3, -0.25) is 9.36 Å². The fraction of sp³-hybridized carbons (Fsp3) is 0.385. The zero-order chi connectivity index (χ0) is 16.7. The van der Waals surface area contributed by atoms with Gasteiger partial charge in [0.25, 0.3) is 5.56 Å². The van der Waals surface area contributed by atoms with Gasteiger partial charge in [-0.05, 0) is 26.0 Å². The van der Waals surface area contributed by atoms with Crippen molar-refractivity contribution >= 4 is 10.0 Å². The van der Waals surface area contributed by atoms with E-state index in [4.69, 9.17) is 4.42 Å². The van der Waals surface area contributed by atoms with Gasteiger partial charge in [0, 0.05) is 20.3 Å². The Morgan fingerprint density at radius 1 is 1.23 bits per heavy atom. The number of nitrogens with one attached hydrogen (secondary N) is 1. The Morgan fingerprint density at radius 2 is 1.86 bits per heavy atom. The summed E-state index contributed by atoms with van der Waals surface area (Å²) in [5.41, 5.74) is -1.47. The Morgan fingerprint density at radius 3 is 2.41 bits per heavy atom. The fourth-order valence-corrected chi connectivity index (χ4v) is 3.37. The topological polar surface area (TPSA) is 103 Å². The van der Waals surface area contributed by atoms with E-state index in [-0.39, 0.29) is 0 Å². The van der Waals surface area contributed by atoms with Crippen molar-refractivity contribution in [1.29, 1.82) is 0 Å². The molecule has 120 valence electrons. The van der Waals surface area contributed by atoms with E-state index in [9.17, 15) is 18.0 Å². The second kappa shape index (κ2) is 5.58. The third-order valence-electron chi connectivity index (χ3n) is 3.22. The average molecular weight is 327 g/mol. The van der Waals surface area contributed by atoms with Crippen molar-refractivity contribution < 1.29 is 12.8 Å². The highest BCUT2D eigenvalue weighted by Crippen LogP contribution is 2.17. The molecule has 0 bridgehead atoms. The quantitative estimate of drug-likeness (QED) is 0.853. The number of nitrogens with zero attached hydrogens (tertiary/aromatic N) is 2. The van der Waals surface area contributed by atoms with Gasteiger partial charge in [0.1, 0.15) is 11.5 Å². The summed E-state index contributed by atoms with van der Waals surface area (Å²) in [6.45, 7) is 3.34. The first-order valence-corrected chi connectivity index (χ1v) is 7.97. The zero-order valence-electron chi connectivity index (χ0n) is 12.7. The number of furan rings is 1. The van der Waals surface area contributed by atoms with Crippen LogP contribution in [0.2, 0.25) is 0 Å². The lowest BCUT2D eigenvalue weighted by atomic mass is 10.3. The molecule has 0 aliphatic carbocycles. The molecule has 2 aromatic heterocycles. The lowest BCUT2D eigenvalue weighted by Crippen LogP contribution is -2.41. The van der Waals surface area contributed by atoms with Crippen LogP contribution in [-0.2, 0) is 24.1 Å². The lowest BCUT2D eigenvalue weighted by Gasteiger charge is -2.13. The van der Waals surface area contributed by atoms with E-state index in [0.717, 1.165) is 15.3 Å². The van der Waals surface area contributed by atoms with Crippen LogP contribution in [0.3, 0.4) is 0 Å². The molecule has 0 saturated carbocycles. The molecule has 0 aliphatic heterocycles. The first kappa shape index (κ1) is 16.2. The van der Waals surface area contributed by atoms with Crippen molar-refractivity contribution in [2.24, 2.45) is 14.1 Å². The van der Waals surface area contributed by atoms with Gasteiger partial charge in [-0.15, -0.1) is 0 Å². The van der Waals surface area contributed by atoms with Crippen LogP contribution in [0.1, 0.15) is 24.5 Å². The molecule has 0 amide bonds. The zero-order valence-corrected chi connectivity index (χ0v) is 13.5. The Kier molecular flexibility index (Phi) is 4.12. The van der Waals surface area contributed by atoms with E-state index in [0.29, 0.717) is 11.5 Å². The first-order chi connectivity index (χ1) is 10.1. The molecule has 1 unspecified atom stereocenters. The molecule has 0 spiro atoms. The summed E-state index contributed by atoms with van der Waals surface area (Å²) >= 11 is 0. The van der Waals surface area contributed by atoms with Crippen LogP contribution in [0, 0.1) is 6.92 Å².